The van der Waals surface area contributed by atoms with E-state index in [2.05, 4.69) is 26.6 Å². The van der Waals surface area contributed by atoms with Crippen LogP contribution in [0.5, 0.6) is 0 Å². The summed E-state index contributed by atoms with van der Waals surface area (Å²) in [7, 11) is 0. The van der Waals surface area contributed by atoms with E-state index in [1.165, 1.54) is 0 Å². The largest absolute Gasteiger partial charge is 0.394 e. The number of aliphatic hydroxyl groups excluding tert-OH is 1. The Kier molecular flexibility index (Phi) is 8.13. The van der Waals surface area contributed by atoms with Crippen LogP contribution in [-0.4, -0.2) is 67.8 Å². The molecule has 208 valence electrons. The van der Waals surface area contributed by atoms with Crippen LogP contribution in [0.4, 0.5) is 5.69 Å². The third-order valence-corrected chi connectivity index (χ3v) is 11.6. The number of rotatable bonds is 9. The molecular weight excluding hydrogens is 578 g/mol. The van der Waals surface area contributed by atoms with E-state index in [4.69, 9.17) is 0 Å². The summed E-state index contributed by atoms with van der Waals surface area (Å²) >= 11 is 5.42. The molecule has 0 aliphatic carbocycles. The van der Waals surface area contributed by atoms with E-state index >= 15 is 0 Å². The number of carbonyl (C=O) groups is 3. The molecule has 0 radical (unpaired) electrons. The Bertz CT molecular complexity index is 1260. The fourth-order valence-electron chi connectivity index (χ4n) is 6.63. The van der Waals surface area contributed by atoms with Crippen LogP contribution in [0.15, 0.2) is 48.5 Å². The monoisotopic (exact) mass is 613 g/mol. The molecule has 39 heavy (non-hydrogen) atoms. The Labute approximate surface area is 242 Å². The molecule has 3 N–H and O–H groups in total. The number of carbonyl (C=O) groups excluding carboxylic acids is 3. The van der Waals surface area contributed by atoms with Crippen LogP contribution in [0, 0.1) is 25.7 Å². The maximum atomic E-state index is 14.4. The number of thioether (sulfide) groups is 1. The molecule has 7 nitrogen and oxygen atoms in total. The summed E-state index contributed by atoms with van der Waals surface area (Å²) < 4.78 is -0.768. The number of benzene rings is 2. The van der Waals surface area contributed by atoms with Crippen molar-refractivity contribution in [2.24, 2.45) is 11.8 Å². The Morgan fingerprint density at radius 3 is 2.62 bits per heavy atom. The number of amides is 3. The fraction of sp³-hybridized carbons (Fsp3) is 0.500. The van der Waals surface area contributed by atoms with Gasteiger partial charge in [0.05, 0.1) is 29.2 Å². The minimum atomic E-state index is -0.824. The highest BCUT2D eigenvalue weighted by atomic mass is 79.9. The summed E-state index contributed by atoms with van der Waals surface area (Å²) in [6, 6.07) is 14.2. The minimum absolute atomic E-state index is 0.00147. The van der Waals surface area contributed by atoms with Gasteiger partial charge in [-0.3, -0.25) is 14.4 Å². The van der Waals surface area contributed by atoms with Crippen molar-refractivity contribution in [3.8, 4) is 0 Å². The van der Waals surface area contributed by atoms with Crippen molar-refractivity contribution in [1.29, 1.82) is 0 Å². The molecule has 3 aliphatic rings. The molecular formula is C30H36BrN3O4S. The van der Waals surface area contributed by atoms with Gasteiger partial charge in [0.15, 0.2) is 0 Å². The zero-order valence-electron chi connectivity index (χ0n) is 22.5. The lowest BCUT2D eigenvalue weighted by Crippen LogP contribution is -2.56. The zero-order valence-corrected chi connectivity index (χ0v) is 24.9. The number of anilines is 1. The standard InChI is InChI=1S/C30H36BrN3O4S/c1-4-12-32-27(36)23-24-29(38)34(20(16-35)14-19-8-6-5-7-9-19)26(30(24)15-21(31)25(23)39-30)28(37)33-22-13-17(2)10-11-18(22)3/h5-11,13,20-21,23-26,35H,4,12,14-16H2,1-3H3,(H,32,36)(H,33,37)/t20-,21?,23-,24+,25-,26?,30?/m1/s1. The molecule has 5 rings (SSSR count). The number of fused-ring (bicyclic) bond motifs is 1. The van der Waals surface area contributed by atoms with Crippen LogP contribution in [-0.2, 0) is 20.8 Å². The van der Waals surface area contributed by atoms with Crippen molar-refractivity contribution >= 4 is 51.1 Å². The van der Waals surface area contributed by atoms with E-state index in [1.54, 1.807) is 16.7 Å². The summed E-state index contributed by atoms with van der Waals surface area (Å²) in [6.07, 6.45) is 1.81. The smallest absolute Gasteiger partial charge is 0.248 e. The fourth-order valence-corrected chi connectivity index (χ4v) is 10.2. The van der Waals surface area contributed by atoms with Crippen LogP contribution in [0.1, 0.15) is 36.5 Å². The third-order valence-electron chi connectivity index (χ3n) is 8.40. The van der Waals surface area contributed by atoms with Gasteiger partial charge in [-0.2, -0.15) is 0 Å². The third kappa shape index (κ3) is 4.91. The van der Waals surface area contributed by atoms with E-state index in [0.717, 1.165) is 23.1 Å². The molecule has 3 saturated heterocycles. The maximum absolute atomic E-state index is 14.4. The number of nitrogens with zero attached hydrogens (tertiary/aromatic N) is 1. The van der Waals surface area contributed by atoms with Crippen LogP contribution in [0.2, 0.25) is 0 Å². The van der Waals surface area contributed by atoms with E-state index in [-0.39, 0.29) is 34.4 Å². The van der Waals surface area contributed by atoms with Gasteiger partial charge in [-0.05, 0) is 55.9 Å². The summed E-state index contributed by atoms with van der Waals surface area (Å²) in [4.78, 5) is 43.7. The highest BCUT2D eigenvalue weighted by molar-refractivity contribution is 9.09. The lowest BCUT2D eigenvalue weighted by molar-refractivity contribution is -0.142. The number of hydrogen-bond acceptors (Lipinski definition) is 5. The van der Waals surface area contributed by atoms with E-state index in [9.17, 15) is 19.5 Å². The lowest BCUT2D eigenvalue weighted by atomic mass is 9.70. The van der Waals surface area contributed by atoms with Gasteiger partial charge in [0.1, 0.15) is 6.04 Å². The molecule has 2 aromatic carbocycles. The maximum Gasteiger partial charge on any atom is 0.248 e. The average molecular weight is 615 g/mol. The van der Waals surface area contributed by atoms with Crippen molar-refractivity contribution in [1.82, 2.24) is 10.2 Å². The molecule has 3 aliphatic heterocycles. The molecule has 7 atom stereocenters. The quantitative estimate of drug-likeness (QED) is 0.373. The molecule has 0 saturated carbocycles. The van der Waals surface area contributed by atoms with Crippen molar-refractivity contribution in [3.63, 3.8) is 0 Å². The summed E-state index contributed by atoms with van der Waals surface area (Å²) in [6.45, 7) is 6.17. The van der Waals surface area contributed by atoms with Crippen LogP contribution >= 0.6 is 27.7 Å². The van der Waals surface area contributed by atoms with Gasteiger partial charge < -0.3 is 20.6 Å². The number of aryl methyl sites for hydroxylation is 2. The number of hydrogen-bond donors (Lipinski definition) is 3. The summed E-state index contributed by atoms with van der Waals surface area (Å²) in [5, 5.41) is 16.6. The Hall–Kier alpha value is -2.36. The summed E-state index contributed by atoms with van der Waals surface area (Å²) in [5.41, 5.74) is 3.63. The van der Waals surface area contributed by atoms with Crippen LogP contribution in [0.25, 0.3) is 0 Å². The minimum Gasteiger partial charge on any atom is -0.394 e. The van der Waals surface area contributed by atoms with Crippen molar-refractivity contribution in [2.75, 3.05) is 18.5 Å². The number of likely N-dealkylation sites (tertiary alicyclic amines) is 1. The van der Waals surface area contributed by atoms with Gasteiger partial charge in [0.25, 0.3) is 0 Å². The van der Waals surface area contributed by atoms with Crippen molar-refractivity contribution < 1.29 is 19.5 Å². The molecule has 1 spiro atoms. The molecule has 3 heterocycles. The van der Waals surface area contributed by atoms with Gasteiger partial charge in [0.2, 0.25) is 17.7 Å². The summed E-state index contributed by atoms with van der Waals surface area (Å²) in [5.74, 6) is -1.77. The Balaban J connectivity index is 1.57. The predicted molar refractivity (Wildman–Crippen MR) is 158 cm³/mol. The molecule has 0 aromatic heterocycles. The number of aliphatic hydroxyl groups is 1. The second-order valence-corrected chi connectivity index (χ2v) is 13.8. The van der Waals surface area contributed by atoms with Gasteiger partial charge >= 0.3 is 0 Å². The van der Waals surface area contributed by atoms with Crippen molar-refractivity contribution in [2.45, 2.75) is 66.9 Å². The highest BCUT2D eigenvalue weighted by Gasteiger charge is 2.76. The zero-order chi connectivity index (χ0) is 27.9. The Morgan fingerprint density at radius 2 is 1.92 bits per heavy atom. The second kappa shape index (κ2) is 11.3. The van der Waals surface area contributed by atoms with Gasteiger partial charge in [-0.1, -0.05) is 65.3 Å². The van der Waals surface area contributed by atoms with Crippen LogP contribution in [0.3, 0.4) is 0 Å². The van der Waals surface area contributed by atoms with Crippen molar-refractivity contribution in [3.05, 3.63) is 65.2 Å². The first-order valence-corrected chi connectivity index (χ1v) is 15.5. The first-order valence-electron chi connectivity index (χ1n) is 13.7. The predicted octanol–water partition coefficient (Wildman–Crippen LogP) is 3.84. The molecule has 2 aromatic rings. The molecule has 3 amide bonds. The number of nitrogens with one attached hydrogen (secondary N) is 2. The normalized spacial score (nSPS) is 29.8. The molecule has 3 unspecified atom stereocenters. The Morgan fingerprint density at radius 1 is 1.18 bits per heavy atom. The molecule has 3 fully saturated rings. The van der Waals surface area contributed by atoms with Gasteiger partial charge in [-0.25, -0.2) is 0 Å². The van der Waals surface area contributed by atoms with Gasteiger partial charge in [0, 0.05) is 22.3 Å². The first kappa shape index (κ1) is 28.2. The van der Waals surface area contributed by atoms with Gasteiger partial charge in [-0.15, -0.1) is 11.8 Å². The highest BCUT2D eigenvalue weighted by Crippen LogP contribution is 2.68. The van der Waals surface area contributed by atoms with E-state index in [0.29, 0.717) is 25.1 Å². The second-order valence-electron chi connectivity index (χ2n) is 11.0. The number of halogens is 1. The molecule has 2 bridgehead atoms. The molecule has 9 heteroatoms. The topological polar surface area (TPSA) is 98.7 Å². The first-order chi connectivity index (χ1) is 18.7. The average Bonchev–Trinajstić information content (AvgIpc) is 3.52. The lowest BCUT2D eigenvalue weighted by Gasteiger charge is -2.37. The SMILES string of the molecule is CCCNC(=O)[C@H]1[C@@H]2SC3(CC2Br)C(C(=O)Nc2cc(C)ccc2C)N([C@@H](CO)Cc2ccccc2)C(=O)[C@H]13. The number of alkyl halides is 1. The van der Waals surface area contributed by atoms with E-state index < -0.39 is 28.7 Å². The van der Waals surface area contributed by atoms with Crippen LogP contribution < -0.4 is 10.6 Å². The van der Waals surface area contributed by atoms with E-state index in [1.807, 2.05) is 69.3 Å².